The Kier molecular flexibility index (Phi) is 9.38. The molecule has 31 heavy (non-hydrogen) atoms. The van der Waals surface area contributed by atoms with Gasteiger partial charge in [0, 0.05) is 18.2 Å². The lowest BCUT2D eigenvalue weighted by Gasteiger charge is -2.27. The van der Waals surface area contributed by atoms with E-state index in [4.69, 9.17) is 14.2 Å². The molecule has 1 heterocycles. The van der Waals surface area contributed by atoms with Gasteiger partial charge in [0.25, 0.3) is 0 Å². The van der Waals surface area contributed by atoms with Crippen LogP contribution >= 0.6 is 0 Å². The second-order valence-corrected chi connectivity index (χ2v) is 8.15. The third-order valence-corrected chi connectivity index (χ3v) is 5.50. The van der Waals surface area contributed by atoms with Gasteiger partial charge in [-0.15, -0.1) is 0 Å². The normalized spacial score (nSPS) is 15.0. The summed E-state index contributed by atoms with van der Waals surface area (Å²) in [6, 6.07) is 17.0. The van der Waals surface area contributed by atoms with Gasteiger partial charge in [0.05, 0.1) is 19.6 Å². The van der Waals surface area contributed by atoms with Gasteiger partial charge in [-0.05, 0) is 30.7 Å². The molecule has 1 amide bonds. The molecule has 168 valence electrons. The Labute approximate surface area is 186 Å². The SMILES string of the molecule is CCCCCCCCCC1(CC(=O)Nc2cccc(Oc3ccccc3)c2)OCCO1. The molecule has 5 heteroatoms. The van der Waals surface area contributed by atoms with Crippen LogP contribution in [0.15, 0.2) is 54.6 Å². The molecule has 0 bridgehead atoms. The van der Waals surface area contributed by atoms with Gasteiger partial charge < -0.3 is 19.5 Å². The van der Waals surface area contributed by atoms with E-state index in [2.05, 4.69) is 12.2 Å². The van der Waals surface area contributed by atoms with Crippen LogP contribution in [0, 0.1) is 0 Å². The zero-order chi connectivity index (χ0) is 21.8. The van der Waals surface area contributed by atoms with Crippen LogP contribution in [0.4, 0.5) is 5.69 Å². The van der Waals surface area contributed by atoms with Gasteiger partial charge >= 0.3 is 0 Å². The van der Waals surface area contributed by atoms with Crippen molar-refractivity contribution in [2.75, 3.05) is 18.5 Å². The summed E-state index contributed by atoms with van der Waals surface area (Å²) in [5.74, 6) is 0.537. The number of hydrogen-bond donors (Lipinski definition) is 1. The lowest BCUT2D eigenvalue weighted by molar-refractivity contribution is -0.172. The first-order chi connectivity index (χ1) is 15.2. The van der Waals surface area contributed by atoms with Crippen molar-refractivity contribution in [1.29, 1.82) is 0 Å². The average Bonchev–Trinajstić information content (AvgIpc) is 3.22. The predicted octanol–water partition coefficient (Wildman–Crippen LogP) is 6.69. The molecule has 3 rings (SSSR count). The summed E-state index contributed by atoms with van der Waals surface area (Å²) in [6.07, 6.45) is 9.52. The van der Waals surface area contributed by atoms with E-state index in [0.29, 0.717) is 24.7 Å². The van der Waals surface area contributed by atoms with E-state index in [1.807, 2.05) is 54.6 Å². The molecule has 2 aromatic carbocycles. The number of benzene rings is 2. The van der Waals surface area contributed by atoms with Crippen molar-refractivity contribution < 1.29 is 19.0 Å². The van der Waals surface area contributed by atoms with Crippen molar-refractivity contribution in [2.45, 2.75) is 70.5 Å². The molecule has 0 spiro atoms. The molecular formula is C26H35NO4. The number of unbranched alkanes of at least 4 members (excludes halogenated alkanes) is 6. The minimum Gasteiger partial charge on any atom is -0.457 e. The van der Waals surface area contributed by atoms with Crippen molar-refractivity contribution in [3.8, 4) is 11.5 Å². The van der Waals surface area contributed by atoms with Crippen LogP contribution in [0.5, 0.6) is 11.5 Å². The van der Waals surface area contributed by atoms with E-state index in [-0.39, 0.29) is 12.3 Å². The van der Waals surface area contributed by atoms with Gasteiger partial charge in [-0.1, -0.05) is 69.7 Å². The number of hydrogen-bond acceptors (Lipinski definition) is 4. The van der Waals surface area contributed by atoms with Crippen LogP contribution in [-0.2, 0) is 14.3 Å². The number of amides is 1. The number of ether oxygens (including phenoxy) is 3. The Morgan fingerprint density at radius 2 is 1.58 bits per heavy atom. The zero-order valence-corrected chi connectivity index (χ0v) is 18.6. The van der Waals surface area contributed by atoms with Crippen molar-refractivity contribution in [3.05, 3.63) is 54.6 Å². The molecule has 0 unspecified atom stereocenters. The quantitative estimate of drug-likeness (QED) is 0.363. The molecule has 5 nitrogen and oxygen atoms in total. The number of nitrogens with one attached hydrogen (secondary N) is 1. The molecule has 1 aliphatic heterocycles. The largest absolute Gasteiger partial charge is 0.457 e. The van der Waals surface area contributed by atoms with Gasteiger partial charge in [-0.2, -0.15) is 0 Å². The molecule has 1 aliphatic rings. The molecule has 1 saturated heterocycles. The Hall–Kier alpha value is -2.37. The van der Waals surface area contributed by atoms with Crippen LogP contribution in [-0.4, -0.2) is 24.9 Å². The summed E-state index contributed by atoms with van der Waals surface area (Å²) in [7, 11) is 0. The lowest BCUT2D eigenvalue weighted by Crippen LogP contribution is -2.35. The first-order valence-electron chi connectivity index (χ1n) is 11.6. The highest BCUT2D eigenvalue weighted by atomic mass is 16.7. The predicted molar refractivity (Wildman–Crippen MR) is 123 cm³/mol. The van der Waals surface area contributed by atoms with Gasteiger partial charge in [-0.3, -0.25) is 4.79 Å². The van der Waals surface area contributed by atoms with Gasteiger partial charge in [0.2, 0.25) is 5.91 Å². The molecule has 0 radical (unpaired) electrons. The van der Waals surface area contributed by atoms with Crippen LogP contribution in [0.1, 0.15) is 64.7 Å². The first kappa shape index (κ1) is 23.3. The second-order valence-electron chi connectivity index (χ2n) is 8.15. The second kappa shape index (κ2) is 12.5. The fourth-order valence-corrected chi connectivity index (χ4v) is 3.90. The average molecular weight is 426 g/mol. The van der Waals surface area contributed by atoms with E-state index in [0.717, 1.165) is 25.0 Å². The summed E-state index contributed by atoms with van der Waals surface area (Å²) in [4.78, 5) is 12.7. The molecule has 1 N–H and O–H groups in total. The van der Waals surface area contributed by atoms with Crippen molar-refractivity contribution in [1.82, 2.24) is 0 Å². The molecule has 1 fully saturated rings. The van der Waals surface area contributed by atoms with E-state index >= 15 is 0 Å². The van der Waals surface area contributed by atoms with Gasteiger partial charge in [0.1, 0.15) is 11.5 Å². The third-order valence-electron chi connectivity index (χ3n) is 5.50. The number of carbonyl (C=O) groups excluding carboxylic acids is 1. The number of para-hydroxylation sites is 1. The maximum atomic E-state index is 12.7. The van der Waals surface area contributed by atoms with Crippen molar-refractivity contribution >= 4 is 11.6 Å². The summed E-state index contributed by atoms with van der Waals surface area (Å²) in [6.45, 7) is 3.32. The maximum absolute atomic E-state index is 12.7. The minimum atomic E-state index is -0.786. The minimum absolute atomic E-state index is 0.110. The molecular weight excluding hydrogens is 390 g/mol. The summed E-state index contributed by atoms with van der Waals surface area (Å²) in [5, 5.41) is 2.97. The van der Waals surface area contributed by atoms with Crippen LogP contribution in [0.3, 0.4) is 0 Å². The maximum Gasteiger partial charge on any atom is 0.229 e. The Morgan fingerprint density at radius 1 is 0.903 bits per heavy atom. The van der Waals surface area contributed by atoms with E-state index in [9.17, 15) is 4.79 Å². The summed E-state index contributed by atoms with van der Waals surface area (Å²) in [5.41, 5.74) is 0.697. The standard InChI is InChI=1S/C26H35NO4/c1-2-3-4-5-6-7-11-17-26(29-18-19-30-26)21-25(28)27-22-13-12-16-24(20-22)31-23-14-9-8-10-15-23/h8-10,12-16,20H,2-7,11,17-19,21H2,1H3,(H,27,28). The van der Waals surface area contributed by atoms with Gasteiger partial charge in [0.15, 0.2) is 5.79 Å². The Bertz CT molecular complexity index is 787. The number of rotatable bonds is 13. The van der Waals surface area contributed by atoms with Crippen LogP contribution in [0.25, 0.3) is 0 Å². The molecule has 0 aromatic heterocycles. The van der Waals surface area contributed by atoms with Crippen LogP contribution in [0.2, 0.25) is 0 Å². The number of carbonyl (C=O) groups is 1. The van der Waals surface area contributed by atoms with E-state index in [1.165, 1.54) is 32.1 Å². The van der Waals surface area contributed by atoms with Crippen molar-refractivity contribution in [3.63, 3.8) is 0 Å². The van der Waals surface area contributed by atoms with Crippen molar-refractivity contribution in [2.24, 2.45) is 0 Å². The Morgan fingerprint density at radius 3 is 2.32 bits per heavy atom. The third kappa shape index (κ3) is 8.00. The molecule has 0 aliphatic carbocycles. The molecule has 2 aromatic rings. The molecule has 0 saturated carbocycles. The van der Waals surface area contributed by atoms with Crippen LogP contribution < -0.4 is 10.1 Å². The highest BCUT2D eigenvalue weighted by Gasteiger charge is 2.38. The van der Waals surface area contributed by atoms with E-state index in [1.54, 1.807) is 0 Å². The highest BCUT2D eigenvalue weighted by molar-refractivity contribution is 5.91. The lowest BCUT2D eigenvalue weighted by atomic mass is 10.0. The number of anilines is 1. The molecule has 0 atom stereocenters. The smallest absolute Gasteiger partial charge is 0.229 e. The summed E-state index contributed by atoms with van der Waals surface area (Å²) >= 11 is 0. The Balaban J connectivity index is 1.48. The fraction of sp³-hybridized carbons (Fsp3) is 0.500. The highest BCUT2D eigenvalue weighted by Crippen LogP contribution is 2.31. The zero-order valence-electron chi connectivity index (χ0n) is 18.6. The topological polar surface area (TPSA) is 56.8 Å². The monoisotopic (exact) mass is 425 g/mol. The summed E-state index contributed by atoms with van der Waals surface area (Å²) < 4.78 is 17.6. The first-order valence-corrected chi connectivity index (χ1v) is 11.6. The fourth-order valence-electron chi connectivity index (χ4n) is 3.90. The van der Waals surface area contributed by atoms with E-state index < -0.39 is 5.79 Å². The van der Waals surface area contributed by atoms with Gasteiger partial charge in [-0.25, -0.2) is 0 Å².